The van der Waals surface area contributed by atoms with Crippen molar-refractivity contribution in [3.8, 4) is 11.3 Å². The van der Waals surface area contributed by atoms with Gasteiger partial charge < -0.3 is 10.3 Å². The molecule has 86 valence electrons. The summed E-state index contributed by atoms with van der Waals surface area (Å²) in [6, 6.07) is 10.1. The maximum absolute atomic E-state index is 11.2. The van der Waals surface area contributed by atoms with Crippen molar-refractivity contribution in [2.45, 2.75) is 12.3 Å². The number of aromatic amines is 1. The Morgan fingerprint density at radius 3 is 2.76 bits per heavy atom. The minimum Gasteiger partial charge on any atom is -0.355 e. The van der Waals surface area contributed by atoms with Crippen molar-refractivity contribution < 1.29 is 4.79 Å². The van der Waals surface area contributed by atoms with Crippen LogP contribution in [0.1, 0.15) is 18.2 Å². The van der Waals surface area contributed by atoms with E-state index in [0.717, 1.165) is 17.1 Å². The average molecular weight is 227 g/mol. The van der Waals surface area contributed by atoms with Gasteiger partial charge >= 0.3 is 0 Å². The van der Waals surface area contributed by atoms with Crippen LogP contribution in [0.15, 0.2) is 36.5 Å². The molecule has 4 nitrogen and oxygen atoms in total. The molecule has 1 saturated heterocycles. The lowest BCUT2D eigenvalue weighted by Crippen LogP contribution is -2.13. The molecular weight excluding hydrogens is 214 g/mol. The fraction of sp³-hybridized carbons (Fsp3) is 0.231. The van der Waals surface area contributed by atoms with Crippen molar-refractivity contribution >= 4 is 5.91 Å². The standard InChI is InChI=1S/C13H13N3O/c17-12-6-10(7-14-12)13-15-8-11(16-13)9-4-2-1-3-5-9/h1-5,8,10H,6-7H2,(H,14,17)(H,15,16). The highest BCUT2D eigenvalue weighted by Gasteiger charge is 2.25. The predicted octanol–water partition coefficient (Wildman–Crippen LogP) is 1.68. The highest BCUT2D eigenvalue weighted by atomic mass is 16.1. The Morgan fingerprint density at radius 1 is 1.24 bits per heavy atom. The summed E-state index contributed by atoms with van der Waals surface area (Å²) in [5.74, 6) is 1.18. The second kappa shape index (κ2) is 4.05. The van der Waals surface area contributed by atoms with Gasteiger partial charge in [0.05, 0.1) is 11.9 Å². The lowest BCUT2D eigenvalue weighted by molar-refractivity contribution is -0.119. The maximum Gasteiger partial charge on any atom is 0.220 e. The third kappa shape index (κ3) is 1.93. The summed E-state index contributed by atoms with van der Waals surface area (Å²) < 4.78 is 0. The number of carbonyl (C=O) groups excluding carboxylic acids is 1. The van der Waals surface area contributed by atoms with Gasteiger partial charge in [0.25, 0.3) is 0 Å². The second-order valence-corrected chi connectivity index (χ2v) is 4.25. The third-order valence-electron chi connectivity index (χ3n) is 3.04. The highest BCUT2D eigenvalue weighted by molar-refractivity contribution is 5.79. The number of hydrogen-bond donors (Lipinski definition) is 2. The predicted molar refractivity (Wildman–Crippen MR) is 64.4 cm³/mol. The normalized spacial score (nSPS) is 19.3. The Kier molecular flexibility index (Phi) is 2.40. The van der Waals surface area contributed by atoms with Gasteiger partial charge in [-0.3, -0.25) is 4.79 Å². The van der Waals surface area contributed by atoms with Crippen LogP contribution in [0, 0.1) is 0 Å². The van der Waals surface area contributed by atoms with Crippen LogP contribution in [-0.4, -0.2) is 22.4 Å². The van der Waals surface area contributed by atoms with E-state index in [4.69, 9.17) is 0 Å². The number of benzene rings is 1. The van der Waals surface area contributed by atoms with Crippen LogP contribution in [0.5, 0.6) is 0 Å². The molecule has 1 aliphatic rings. The Balaban J connectivity index is 1.86. The molecule has 0 saturated carbocycles. The summed E-state index contributed by atoms with van der Waals surface area (Å²) in [5.41, 5.74) is 2.11. The van der Waals surface area contributed by atoms with Gasteiger partial charge in [-0.1, -0.05) is 30.3 Å². The molecule has 0 bridgehead atoms. The lowest BCUT2D eigenvalue weighted by Gasteiger charge is -2.02. The first-order chi connectivity index (χ1) is 8.33. The maximum atomic E-state index is 11.2. The van der Waals surface area contributed by atoms with Crippen LogP contribution in [0.3, 0.4) is 0 Å². The van der Waals surface area contributed by atoms with Gasteiger partial charge in [-0.25, -0.2) is 4.98 Å². The molecule has 3 rings (SSSR count). The van der Waals surface area contributed by atoms with E-state index >= 15 is 0 Å². The molecular formula is C13H13N3O. The molecule has 1 aromatic carbocycles. The molecule has 0 radical (unpaired) electrons. The molecule has 1 aliphatic heterocycles. The Morgan fingerprint density at radius 2 is 2.06 bits per heavy atom. The molecule has 2 N–H and O–H groups in total. The van der Waals surface area contributed by atoms with Gasteiger partial charge in [-0.15, -0.1) is 0 Å². The molecule has 17 heavy (non-hydrogen) atoms. The number of imidazole rings is 1. The zero-order valence-corrected chi connectivity index (χ0v) is 9.31. The summed E-state index contributed by atoms with van der Waals surface area (Å²) >= 11 is 0. The van der Waals surface area contributed by atoms with Crippen molar-refractivity contribution in [3.63, 3.8) is 0 Å². The first-order valence-corrected chi connectivity index (χ1v) is 5.70. The van der Waals surface area contributed by atoms with Crippen LogP contribution in [-0.2, 0) is 4.79 Å². The van der Waals surface area contributed by atoms with E-state index < -0.39 is 0 Å². The Labute approximate surface area is 99.1 Å². The van der Waals surface area contributed by atoms with Crippen LogP contribution in [0.2, 0.25) is 0 Å². The van der Waals surface area contributed by atoms with Crippen molar-refractivity contribution in [2.75, 3.05) is 6.54 Å². The van der Waals surface area contributed by atoms with E-state index in [1.807, 2.05) is 36.5 Å². The van der Waals surface area contributed by atoms with E-state index in [9.17, 15) is 4.79 Å². The molecule has 1 fully saturated rings. The number of H-pyrrole nitrogens is 1. The molecule has 0 spiro atoms. The van der Waals surface area contributed by atoms with Crippen LogP contribution < -0.4 is 5.32 Å². The van der Waals surface area contributed by atoms with Crippen LogP contribution >= 0.6 is 0 Å². The van der Waals surface area contributed by atoms with E-state index in [0.29, 0.717) is 13.0 Å². The van der Waals surface area contributed by atoms with Crippen molar-refractivity contribution in [3.05, 3.63) is 42.4 Å². The number of amides is 1. The number of nitrogens with zero attached hydrogens (tertiary/aromatic N) is 1. The zero-order chi connectivity index (χ0) is 11.7. The smallest absolute Gasteiger partial charge is 0.220 e. The van der Waals surface area contributed by atoms with Crippen LogP contribution in [0.25, 0.3) is 11.3 Å². The Hall–Kier alpha value is -2.10. The number of aromatic nitrogens is 2. The summed E-state index contributed by atoms with van der Waals surface area (Å²) in [5, 5.41) is 2.82. The molecule has 1 unspecified atom stereocenters. The van der Waals surface area contributed by atoms with Gasteiger partial charge in [0.1, 0.15) is 5.82 Å². The fourth-order valence-corrected chi connectivity index (χ4v) is 2.11. The largest absolute Gasteiger partial charge is 0.355 e. The van der Waals surface area contributed by atoms with E-state index in [2.05, 4.69) is 15.3 Å². The van der Waals surface area contributed by atoms with Gasteiger partial charge in [0, 0.05) is 18.9 Å². The first-order valence-electron chi connectivity index (χ1n) is 5.70. The van der Waals surface area contributed by atoms with Crippen molar-refractivity contribution in [2.24, 2.45) is 0 Å². The zero-order valence-electron chi connectivity index (χ0n) is 9.31. The van der Waals surface area contributed by atoms with E-state index in [-0.39, 0.29) is 11.8 Å². The van der Waals surface area contributed by atoms with Crippen molar-refractivity contribution in [1.82, 2.24) is 15.3 Å². The molecule has 2 heterocycles. The second-order valence-electron chi connectivity index (χ2n) is 4.25. The van der Waals surface area contributed by atoms with Gasteiger partial charge in [0.2, 0.25) is 5.91 Å². The first kappa shape index (κ1) is 10.1. The van der Waals surface area contributed by atoms with Gasteiger partial charge in [0.15, 0.2) is 0 Å². The van der Waals surface area contributed by atoms with E-state index in [1.54, 1.807) is 0 Å². The van der Waals surface area contributed by atoms with Gasteiger partial charge in [-0.05, 0) is 5.56 Å². The fourth-order valence-electron chi connectivity index (χ4n) is 2.11. The molecule has 1 atom stereocenters. The quantitative estimate of drug-likeness (QED) is 0.820. The van der Waals surface area contributed by atoms with Gasteiger partial charge in [-0.2, -0.15) is 0 Å². The van der Waals surface area contributed by atoms with Crippen molar-refractivity contribution in [1.29, 1.82) is 0 Å². The average Bonchev–Trinajstić information content (AvgIpc) is 2.98. The number of hydrogen-bond acceptors (Lipinski definition) is 2. The third-order valence-corrected chi connectivity index (χ3v) is 3.04. The summed E-state index contributed by atoms with van der Waals surface area (Å²) in [6.45, 7) is 0.681. The minimum absolute atomic E-state index is 0.104. The SMILES string of the molecule is O=C1CC(c2ncc(-c3ccccc3)[nH]2)CN1. The highest BCUT2D eigenvalue weighted by Crippen LogP contribution is 2.23. The molecule has 2 aromatic rings. The summed E-state index contributed by atoms with van der Waals surface area (Å²) in [7, 11) is 0. The summed E-state index contributed by atoms with van der Waals surface area (Å²) in [4.78, 5) is 18.8. The molecule has 1 aromatic heterocycles. The topological polar surface area (TPSA) is 57.8 Å². The molecule has 1 amide bonds. The minimum atomic E-state index is 0.104. The van der Waals surface area contributed by atoms with E-state index in [1.165, 1.54) is 0 Å². The Bertz CT molecular complexity index is 533. The number of carbonyl (C=O) groups is 1. The monoisotopic (exact) mass is 227 g/mol. The summed E-state index contributed by atoms with van der Waals surface area (Å²) in [6.07, 6.45) is 2.36. The molecule has 0 aliphatic carbocycles. The number of nitrogens with one attached hydrogen (secondary N) is 2. The number of rotatable bonds is 2. The van der Waals surface area contributed by atoms with Crippen LogP contribution in [0.4, 0.5) is 0 Å². The molecule has 4 heteroatoms. The lowest BCUT2D eigenvalue weighted by atomic mass is 10.1.